The molecule has 0 aromatic heterocycles. The van der Waals surface area contributed by atoms with Crippen LogP contribution in [-0.4, -0.2) is 27.3 Å². The van der Waals surface area contributed by atoms with Crippen LogP contribution in [0, 0.1) is 0 Å². The molecule has 0 aliphatic carbocycles. The molecule has 3 heteroatoms. The number of nitrogens with one attached hydrogen (secondary N) is 1. The number of ether oxygens (including phenoxy) is 1. The normalized spacial score (nSPS) is 24.1. The second-order valence-electron chi connectivity index (χ2n) is 7.27. The molecule has 24 heavy (non-hydrogen) atoms. The maximum Gasteiger partial charge on any atom is 0.118 e. The Labute approximate surface area is 147 Å². The average Bonchev–Trinajstić information content (AvgIpc) is 2.63. The van der Waals surface area contributed by atoms with Crippen LogP contribution < -0.4 is 20.4 Å². The lowest BCUT2D eigenvalue weighted by atomic mass is 10.1. The van der Waals surface area contributed by atoms with Gasteiger partial charge >= 0.3 is 0 Å². The highest BCUT2D eigenvalue weighted by atomic mass is 28.3. The van der Waals surface area contributed by atoms with Crippen LogP contribution in [0.25, 0.3) is 0 Å². The number of methoxy groups -OCH3 is 1. The monoisotopic (exact) mass is 339 g/mol. The molecule has 0 spiro atoms. The predicted octanol–water partition coefficient (Wildman–Crippen LogP) is 3.42. The van der Waals surface area contributed by atoms with Crippen LogP contribution in [0.4, 0.5) is 0 Å². The molecule has 1 aliphatic rings. The van der Waals surface area contributed by atoms with E-state index >= 15 is 0 Å². The zero-order chi connectivity index (χ0) is 17.0. The van der Waals surface area contributed by atoms with Crippen LogP contribution >= 0.6 is 0 Å². The van der Waals surface area contributed by atoms with Crippen molar-refractivity contribution in [3.05, 3.63) is 54.6 Å². The van der Waals surface area contributed by atoms with Crippen LogP contribution in [0.5, 0.6) is 5.75 Å². The van der Waals surface area contributed by atoms with Crippen molar-refractivity contribution in [3.8, 4) is 5.75 Å². The second kappa shape index (κ2) is 7.54. The van der Waals surface area contributed by atoms with Gasteiger partial charge in [0.2, 0.25) is 0 Å². The smallest absolute Gasteiger partial charge is 0.118 e. The van der Waals surface area contributed by atoms with Crippen molar-refractivity contribution >= 4 is 18.4 Å². The third-order valence-corrected chi connectivity index (χ3v) is 10.5. The molecule has 2 aromatic carbocycles. The molecule has 2 nitrogen and oxygen atoms in total. The first-order chi connectivity index (χ1) is 11.6. The van der Waals surface area contributed by atoms with Gasteiger partial charge < -0.3 is 10.1 Å². The number of hydrogen-bond acceptors (Lipinski definition) is 2. The van der Waals surface area contributed by atoms with Crippen LogP contribution in [0.1, 0.15) is 26.7 Å². The van der Waals surface area contributed by atoms with Gasteiger partial charge in [-0.2, -0.15) is 0 Å². The van der Waals surface area contributed by atoms with E-state index in [0.717, 1.165) is 5.75 Å². The minimum absolute atomic E-state index is 0.571. The summed E-state index contributed by atoms with van der Waals surface area (Å²) >= 11 is 0. The summed E-state index contributed by atoms with van der Waals surface area (Å²) in [6.45, 7) is 4.50. The van der Waals surface area contributed by atoms with Crippen molar-refractivity contribution in [2.24, 2.45) is 0 Å². The van der Waals surface area contributed by atoms with Crippen LogP contribution in [0.3, 0.4) is 0 Å². The Balaban J connectivity index is 1.91. The summed E-state index contributed by atoms with van der Waals surface area (Å²) in [5, 5.41) is 6.88. The SMILES string of the molecule is COc1ccc([Si]2(c3ccccc3)CCC(NC(C)C)CC2)cc1. The van der Waals surface area contributed by atoms with Crippen LogP contribution in [-0.2, 0) is 0 Å². The zero-order valence-electron chi connectivity index (χ0n) is 15.1. The molecule has 1 heterocycles. The molecule has 1 fully saturated rings. The van der Waals surface area contributed by atoms with E-state index in [1.54, 1.807) is 17.5 Å². The Morgan fingerprint density at radius 2 is 1.50 bits per heavy atom. The molecule has 0 atom stereocenters. The van der Waals surface area contributed by atoms with Crippen molar-refractivity contribution in [1.82, 2.24) is 5.32 Å². The summed E-state index contributed by atoms with van der Waals surface area (Å²) in [4.78, 5) is 0. The Morgan fingerprint density at radius 1 is 0.917 bits per heavy atom. The Hall–Kier alpha value is -1.58. The Morgan fingerprint density at radius 3 is 2.04 bits per heavy atom. The summed E-state index contributed by atoms with van der Waals surface area (Å²) in [6.07, 6.45) is 2.57. The van der Waals surface area contributed by atoms with E-state index < -0.39 is 8.07 Å². The molecule has 1 N–H and O–H groups in total. The van der Waals surface area contributed by atoms with Gasteiger partial charge in [0.05, 0.1) is 7.11 Å². The fourth-order valence-electron chi connectivity index (χ4n) is 4.16. The summed E-state index contributed by atoms with van der Waals surface area (Å²) in [5.41, 5.74) is 0. The topological polar surface area (TPSA) is 21.3 Å². The summed E-state index contributed by atoms with van der Waals surface area (Å²) < 4.78 is 5.36. The lowest BCUT2D eigenvalue weighted by molar-refractivity contribution is 0.415. The van der Waals surface area contributed by atoms with E-state index in [9.17, 15) is 0 Å². The molecular formula is C21H29NOSi. The summed E-state index contributed by atoms with van der Waals surface area (Å²) in [6, 6.07) is 24.0. The fourth-order valence-corrected chi connectivity index (χ4v) is 9.22. The Bertz CT molecular complexity index is 631. The summed E-state index contributed by atoms with van der Waals surface area (Å²) in [7, 11) is 0.0793. The third-order valence-electron chi connectivity index (χ3n) is 5.38. The highest BCUT2D eigenvalue weighted by molar-refractivity contribution is 7.02. The van der Waals surface area contributed by atoms with E-state index in [1.165, 1.54) is 24.9 Å². The first kappa shape index (κ1) is 17.2. The molecule has 1 aliphatic heterocycles. The minimum atomic E-state index is -1.66. The number of rotatable bonds is 5. The van der Waals surface area contributed by atoms with Gasteiger partial charge in [-0.05, 0) is 37.1 Å². The maximum absolute atomic E-state index is 5.36. The predicted molar refractivity (Wildman–Crippen MR) is 105 cm³/mol. The molecule has 128 valence electrons. The van der Waals surface area contributed by atoms with E-state index in [4.69, 9.17) is 4.74 Å². The second-order valence-corrected chi connectivity index (χ2v) is 11.6. The molecule has 0 amide bonds. The fraction of sp³-hybridized carbons (Fsp3) is 0.429. The van der Waals surface area contributed by atoms with Gasteiger partial charge in [0.25, 0.3) is 0 Å². The molecule has 3 rings (SSSR count). The maximum atomic E-state index is 5.36. The quantitative estimate of drug-likeness (QED) is 0.843. The van der Waals surface area contributed by atoms with E-state index in [1.807, 2.05) is 0 Å². The van der Waals surface area contributed by atoms with Crippen LogP contribution in [0.15, 0.2) is 54.6 Å². The number of hydrogen-bond donors (Lipinski definition) is 1. The molecule has 0 bridgehead atoms. The van der Waals surface area contributed by atoms with Crippen molar-refractivity contribution in [2.75, 3.05) is 7.11 Å². The van der Waals surface area contributed by atoms with Gasteiger partial charge in [-0.15, -0.1) is 0 Å². The van der Waals surface area contributed by atoms with E-state index in [0.29, 0.717) is 12.1 Å². The molecular weight excluding hydrogens is 310 g/mol. The lowest BCUT2D eigenvalue weighted by Gasteiger charge is -2.40. The largest absolute Gasteiger partial charge is 0.497 e. The van der Waals surface area contributed by atoms with Gasteiger partial charge in [0.15, 0.2) is 0 Å². The van der Waals surface area contributed by atoms with Crippen molar-refractivity contribution < 1.29 is 4.74 Å². The highest BCUT2D eigenvalue weighted by Gasteiger charge is 2.40. The lowest BCUT2D eigenvalue weighted by Crippen LogP contribution is -2.61. The highest BCUT2D eigenvalue weighted by Crippen LogP contribution is 2.29. The molecule has 0 unspecified atom stereocenters. The van der Waals surface area contributed by atoms with Gasteiger partial charge in [-0.25, -0.2) is 0 Å². The zero-order valence-corrected chi connectivity index (χ0v) is 16.1. The Kier molecular flexibility index (Phi) is 5.42. The number of benzene rings is 2. The van der Waals surface area contributed by atoms with Gasteiger partial charge in [-0.3, -0.25) is 0 Å². The van der Waals surface area contributed by atoms with E-state index in [-0.39, 0.29) is 0 Å². The first-order valence-corrected chi connectivity index (χ1v) is 11.5. The first-order valence-electron chi connectivity index (χ1n) is 9.10. The molecule has 0 saturated carbocycles. The van der Waals surface area contributed by atoms with Crippen molar-refractivity contribution in [3.63, 3.8) is 0 Å². The summed E-state index contributed by atoms with van der Waals surface area (Å²) in [5.74, 6) is 0.950. The van der Waals surface area contributed by atoms with Crippen molar-refractivity contribution in [1.29, 1.82) is 0 Å². The van der Waals surface area contributed by atoms with Gasteiger partial charge in [0, 0.05) is 12.1 Å². The van der Waals surface area contributed by atoms with Crippen molar-refractivity contribution in [2.45, 2.75) is 50.9 Å². The standard InChI is InChI=1S/C21H29NOSi/c1-17(2)22-18-13-15-24(16-14-18,20-7-5-4-6-8-20)21-11-9-19(23-3)10-12-21/h4-12,17-18,22H,13-16H2,1-3H3. The minimum Gasteiger partial charge on any atom is -0.497 e. The molecule has 1 saturated heterocycles. The third kappa shape index (κ3) is 3.57. The average molecular weight is 340 g/mol. The van der Waals surface area contributed by atoms with Crippen LogP contribution in [0.2, 0.25) is 12.1 Å². The van der Waals surface area contributed by atoms with E-state index in [2.05, 4.69) is 73.8 Å². The molecule has 0 radical (unpaired) electrons. The van der Waals surface area contributed by atoms with Gasteiger partial charge in [-0.1, -0.05) is 66.7 Å². The van der Waals surface area contributed by atoms with Gasteiger partial charge in [0.1, 0.15) is 13.8 Å². The molecule has 2 aromatic rings.